The van der Waals surface area contributed by atoms with Crippen LogP contribution >= 0.6 is 11.3 Å². The second-order valence-electron chi connectivity index (χ2n) is 7.54. The van der Waals surface area contributed by atoms with Crippen molar-refractivity contribution in [2.24, 2.45) is 0 Å². The molecule has 34 heavy (non-hydrogen) atoms. The number of hydrogen-bond acceptors (Lipinski definition) is 7. The smallest absolute Gasteiger partial charge is 0.242 e. The Morgan fingerprint density at radius 2 is 2.00 bits per heavy atom. The van der Waals surface area contributed by atoms with Crippen LogP contribution in [-0.4, -0.2) is 32.2 Å². The molecule has 172 valence electrons. The van der Waals surface area contributed by atoms with Crippen molar-refractivity contribution in [3.8, 4) is 33.8 Å². The first-order valence-electron chi connectivity index (χ1n) is 10.4. The highest BCUT2D eigenvalue weighted by Gasteiger charge is 2.32. The first-order valence-corrected chi connectivity index (χ1v) is 11.3. The van der Waals surface area contributed by atoms with Gasteiger partial charge in [-0.25, -0.2) is 9.37 Å². The maximum atomic E-state index is 14.2. The van der Waals surface area contributed by atoms with Gasteiger partial charge in [-0.2, -0.15) is 0 Å². The van der Waals surface area contributed by atoms with E-state index in [4.69, 9.17) is 9.15 Å². The van der Waals surface area contributed by atoms with E-state index < -0.39 is 23.2 Å². The average molecular weight is 479 g/mol. The second-order valence-corrected chi connectivity index (χ2v) is 8.55. The Hall–Kier alpha value is -4.11. The zero-order chi connectivity index (χ0) is 24.0. The van der Waals surface area contributed by atoms with Crippen molar-refractivity contribution >= 4 is 27.3 Å². The number of aromatic nitrogens is 2. The Balaban J connectivity index is 1.77. The van der Waals surface area contributed by atoms with Gasteiger partial charge in [-0.15, -0.1) is 0 Å². The molecule has 0 unspecified atom stereocenters. The summed E-state index contributed by atoms with van der Waals surface area (Å²) in [6.07, 6.45) is 0. The van der Waals surface area contributed by atoms with Gasteiger partial charge in [0, 0.05) is 5.56 Å². The summed E-state index contributed by atoms with van der Waals surface area (Å²) in [4.78, 5) is 17.9. The zero-order valence-electron chi connectivity index (χ0n) is 18.2. The number of halogens is 1. The molecule has 0 aliphatic rings. The number of benzene rings is 2. The van der Waals surface area contributed by atoms with Crippen LogP contribution in [0.5, 0.6) is 17.4 Å². The van der Waals surface area contributed by atoms with Crippen molar-refractivity contribution in [2.75, 3.05) is 6.61 Å². The lowest BCUT2D eigenvalue weighted by molar-refractivity contribution is 0.101. The van der Waals surface area contributed by atoms with Gasteiger partial charge in [-0.05, 0) is 56.3 Å². The van der Waals surface area contributed by atoms with Crippen LogP contribution in [0.15, 0.2) is 59.0 Å². The largest absolute Gasteiger partial charge is 0.503 e. The molecule has 5 rings (SSSR count). The van der Waals surface area contributed by atoms with E-state index in [1.54, 1.807) is 31.2 Å². The molecule has 0 saturated heterocycles. The maximum Gasteiger partial charge on any atom is 0.242 e. The minimum atomic E-state index is -0.654. The Morgan fingerprint density at radius 1 is 1.18 bits per heavy atom. The van der Waals surface area contributed by atoms with Crippen LogP contribution in [0, 0.1) is 12.7 Å². The van der Waals surface area contributed by atoms with Gasteiger partial charge in [-0.3, -0.25) is 9.36 Å². The van der Waals surface area contributed by atoms with Gasteiger partial charge in [0.2, 0.25) is 11.7 Å². The molecule has 5 aromatic rings. The molecule has 0 bridgehead atoms. The van der Waals surface area contributed by atoms with E-state index in [1.165, 1.54) is 40.2 Å². The Labute approximate surface area is 197 Å². The van der Waals surface area contributed by atoms with E-state index in [2.05, 4.69) is 4.98 Å². The van der Waals surface area contributed by atoms with Crippen LogP contribution in [0.3, 0.4) is 0 Å². The standard InChI is InChI=1S/C25H19FN2O5S/c1-3-32-16-8-9-17-19(12-16)34-25(27-17)28-21(14-5-4-6-15(26)11-14)20(23(30)24(28)31)22(29)18-10-7-13(2)33-18/h4-12,30-31H,3H2,1-2H3. The molecular formula is C25H19FN2O5S. The predicted molar refractivity (Wildman–Crippen MR) is 126 cm³/mol. The molecule has 0 aliphatic heterocycles. The Morgan fingerprint density at radius 3 is 2.71 bits per heavy atom. The third-order valence-corrected chi connectivity index (χ3v) is 6.26. The number of fused-ring (bicyclic) bond motifs is 1. The van der Waals surface area contributed by atoms with Crippen molar-refractivity contribution in [1.82, 2.24) is 9.55 Å². The normalized spacial score (nSPS) is 11.3. The van der Waals surface area contributed by atoms with Gasteiger partial charge in [0.1, 0.15) is 17.3 Å². The molecule has 2 N–H and O–H groups in total. The molecule has 0 spiro atoms. The molecule has 0 atom stereocenters. The van der Waals surface area contributed by atoms with E-state index in [-0.39, 0.29) is 27.7 Å². The number of carbonyl (C=O) groups is 1. The minimum Gasteiger partial charge on any atom is -0.503 e. The molecule has 3 heterocycles. The van der Waals surface area contributed by atoms with Gasteiger partial charge in [-0.1, -0.05) is 23.5 Å². The van der Waals surface area contributed by atoms with Crippen molar-refractivity contribution in [1.29, 1.82) is 0 Å². The van der Waals surface area contributed by atoms with Gasteiger partial charge in [0.25, 0.3) is 0 Å². The Bertz CT molecular complexity index is 1550. The number of rotatable bonds is 6. The monoisotopic (exact) mass is 478 g/mol. The fourth-order valence-electron chi connectivity index (χ4n) is 3.78. The predicted octanol–water partition coefficient (Wildman–Crippen LogP) is 5.84. The molecule has 2 aromatic carbocycles. The van der Waals surface area contributed by atoms with Crippen LogP contribution in [0.1, 0.15) is 28.8 Å². The van der Waals surface area contributed by atoms with Gasteiger partial charge < -0.3 is 19.4 Å². The van der Waals surface area contributed by atoms with Crippen LogP contribution in [0.2, 0.25) is 0 Å². The van der Waals surface area contributed by atoms with Crippen LogP contribution in [0.4, 0.5) is 4.39 Å². The molecule has 3 aromatic heterocycles. The summed E-state index contributed by atoms with van der Waals surface area (Å²) in [5.74, 6) is -1.27. The Kier molecular flexibility index (Phi) is 5.33. The summed E-state index contributed by atoms with van der Waals surface area (Å²) < 4.78 is 27.2. The first-order chi connectivity index (χ1) is 16.4. The number of aryl methyl sites for hydroxylation is 1. The molecular weight excluding hydrogens is 459 g/mol. The summed E-state index contributed by atoms with van der Waals surface area (Å²) >= 11 is 1.22. The van der Waals surface area contributed by atoms with Crippen molar-refractivity contribution < 1.29 is 28.6 Å². The van der Waals surface area contributed by atoms with E-state index in [0.29, 0.717) is 23.6 Å². The fourth-order valence-corrected chi connectivity index (χ4v) is 4.79. The van der Waals surface area contributed by atoms with E-state index >= 15 is 0 Å². The topological polar surface area (TPSA) is 97.7 Å². The van der Waals surface area contributed by atoms with Crippen LogP contribution in [-0.2, 0) is 0 Å². The van der Waals surface area contributed by atoms with Crippen LogP contribution < -0.4 is 4.74 Å². The molecule has 0 aliphatic carbocycles. The highest BCUT2D eigenvalue weighted by Crippen LogP contribution is 2.45. The summed E-state index contributed by atoms with van der Waals surface area (Å²) in [6.45, 7) is 4.07. The molecule has 7 nitrogen and oxygen atoms in total. The summed E-state index contributed by atoms with van der Waals surface area (Å²) in [5.41, 5.74) is 0.789. The van der Waals surface area contributed by atoms with E-state index in [0.717, 1.165) is 4.70 Å². The minimum absolute atomic E-state index is 0.0201. The van der Waals surface area contributed by atoms with Crippen molar-refractivity contribution in [2.45, 2.75) is 13.8 Å². The fraction of sp³-hybridized carbons (Fsp3) is 0.120. The third kappa shape index (κ3) is 3.60. The SMILES string of the molecule is CCOc1ccc2nc(-n3c(O)c(O)c(C(=O)c4ccc(C)o4)c3-c3cccc(F)c3)sc2c1. The highest BCUT2D eigenvalue weighted by molar-refractivity contribution is 7.20. The maximum absolute atomic E-state index is 14.2. The van der Waals surface area contributed by atoms with Crippen LogP contribution in [0.25, 0.3) is 26.6 Å². The lowest BCUT2D eigenvalue weighted by atomic mass is 10.0. The average Bonchev–Trinajstić information content (AvgIpc) is 3.50. The molecule has 0 amide bonds. The molecule has 0 fully saturated rings. The number of ether oxygens (including phenoxy) is 1. The molecule has 0 radical (unpaired) electrons. The zero-order valence-corrected chi connectivity index (χ0v) is 19.0. The number of ketones is 1. The summed E-state index contributed by atoms with van der Waals surface area (Å²) in [5, 5.41) is 22.1. The van der Waals surface area contributed by atoms with Gasteiger partial charge in [0.05, 0.1) is 28.1 Å². The first kappa shape index (κ1) is 21.7. The number of nitrogens with zero attached hydrogens (tertiary/aromatic N) is 2. The number of carbonyl (C=O) groups excluding carboxylic acids is 1. The van der Waals surface area contributed by atoms with E-state index in [1.807, 2.05) is 13.0 Å². The third-order valence-electron chi connectivity index (χ3n) is 5.26. The summed E-state index contributed by atoms with van der Waals surface area (Å²) in [6, 6.07) is 14.0. The molecule has 9 heteroatoms. The van der Waals surface area contributed by atoms with Crippen molar-refractivity contribution in [3.05, 3.63) is 77.5 Å². The second kappa shape index (κ2) is 8.35. The van der Waals surface area contributed by atoms with Crippen molar-refractivity contribution in [3.63, 3.8) is 0 Å². The van der Waals surface area contributed by atoms with E-state index in [9.17, 15) is 19.4 Å². The highest BCUT2D eigenvalue weighted by atomic mass is 32.1. The van der Waals surface area contributed by atoms with Gasteiger partial charge in [0.15, 0.2) is 16.6 Å². The number of aromatic hydroxyl groups is 2. The summed E-state index contributed by atoms with van der Waals surface area (Å²) in [7, 11) is 0. The van der Waals surface area contributed by atoms with Gasteiger partial charge >= 0.3 is 0 Å². The molecule has 0 saturated carbocycles. The quantitative estimate of drug-likeness (QED) is 0.298. The number of thiazole rings is 1. The number of furan rings is 1. The lowest BCUT2D eigenvalue weighted by Crippen LogP contribution is -2.04. The number of hydrogen-bond donors (Lipinski definition) is 2. The lowest BCUT2D eigenvalue weighted by Gasteiger charge is -2.09.